The van der Waals surface area contributed by atoms with Gasteiger partial charge in [0.1, 0.15) is 6.10 Å². The molecule has 1 amide bonds. The topological polar surface area (TPSA) is 165 Å². The maximum atomic E-state index is 11.5. The predicted octanol–water partition coefficient (Wildman–Crippen LogP) is 18.9. The lowest BCUT2D eigenvalue weighted by Crippen LogP contribution is -2.35. The minimum absolute atomic E-state index is 0.0197. The molecule has 0 aromatic rings. The molecule has 0 saturated heterocycles. The number of rotatable bonds is 25. The van der Waals surface area contributed by atoms with Crippen molar-refractivity contribution in [1.82, 2.24) is 5.32 Å². The Balaban J connectivity index is -0.000000221. The third-order valence-corrected chi connectivity index (χ3v) is 12.0. The molecule has 0 aliphatic heterocycles. The SMILES string of the molecule is CC(C)(C)CCCOCCCC(C)(C)C.CC(C)(C)CCCSCCCC(C)(C)C.CC(C)(C)OCC(O)COC(C)(C)C.CC(C)(C)OCCCNC(=O)C(C)(C)C.CC(C)CC(=O)OC(C)C.CC(OC(=O)C(C)(C)C)OC(=O)C(C)(C)C. The van der Waals surface area contributed by atoms with Crippen LogP contribution in [0.4, 0.5) is 0 Å². The second kappa shape index (κ2) is 45.3. The first kappa shape index (κ1) is 94.2. The molecule has 0 aliphatic rings. The summed E-state index contributed by atoms with van der Waals surface area (Å²) in [7, 11) is 0. The molecule has 13 nitrogen and oxygen atoms in total. The van der Waals surface area contributed by atoms with Crippen molar-refractivity contribution in [3.05, 3.63) is 0 Å². The molecule has 0 aliphatic carbocycles. The molecule has 0 spiro atoms. The van der Waals surface area contributed by atoms with Gasteiger partial charge in [0.25, 0.3) is 0 Å². The number of aliphatic hydroxyl groups excluding tert-OH is 1. The normalized spacial score (nSPS) is 12.8. The Kier molecular flexibility index (Phi) is 50.2. The van der Waals surface area contributed by atoms with Crippen LogP contribution in [0.3, 0.4) is 0 Å². The van der Waals surface area contributed by atoms with Crippen LogP contribution in [-0.4, -0.2) is 115 Å². The van der Waals surface area contributed by atoms with E-state index in [0.717, 1.165) is 19.6 Å². The number of thioether (sulfide) groups is 1. The molecule has 0 heterocycles. The van der Waals surface area contributed by atoms with Crippen LogP contribution < -0.4 is 5.32 Å². The number of hydrogen-bond acceptors (Lipinski definition) is 13. The van der Waals surface area contributed by atoms with Crippen LogP contribution in [0.25, 0.3) is 0 Å². The molecule has 0 fully saturated rings. The van der Waals surface area contributed by atoms with Crippen LogP contribution in [-0.2, 0) is 52.3 Å². The quantitative estimate of drug-likeness (QED) is 0.0504. The lowest BCUT2D eigenvalue weighted by Gasteiger charge is -2.25. The minimum atomic E-state index is -0.849. The number of ether oxygens (including phenoxy) is 7. The van der Waals surface area contributed by atoms with Gasteiger partial charge in [-0.05, 0) is 215 Å². The molecule has 0 aromatic carbocycles. The highest BCUT2D eigenvalue weighted by Gasteiger charge is 2.30. The Labute approximate surface area is 532 Å². The first-order valence-electron chi connectivity index (χ1n) is 32.3. The summed E-state index contributed by atoms with van der Waals surface area (Å²) < 4.78 is 36.9. The fourth-order valence-corrected chi connectivity index (χ4v) is 6.90. The van der Waals surface area contributed by atoms with Crippen LogP contribution >= 0.6 is 11.8 Å². The van der Waals surface area contributed by atoms with Crippen LogP contribution in [0.2, 0.25) is 0 Å². The Hall–Kier alpha value is -1.97. The van der Waals surface area contributed by atoms with Gasteiger partial charge in [0.05, 0.1) is 47.0 Å². The lowest BCUT2D eigenvalue weighted by molar-refractivity contribution is -0.195. The van der Waals surface area contributed by atoms with Crippen molar-refractivity contribution in [3.8, 4) is 0 Å². The zero-order valence-electron chi connectivity index (χ0n) is 62.9. The number of aliphatic hydroxyl groups is 1. The highest BCUT2D eigenvalue weighted by molar-refractivity contribution is 7.99. The highest BCUT2D eigenvalue weighted by atomic mass is 32.2. The van der Waals surface area contributed by atoms with Crippen molar-refractivity contribution in [1.29, 1.82) is 0 Å². The van der Waals surface area contributed by atoms with E-state index >= 15 is 0 Å². The molecule has 514 valence electrons. The number of esters is 3. The number of carbonyl (C=O) groups is 4. The van der Waals surface area contributed by atoms with E-state index in [1.54, 1.807) is 41.5 Å². The summed E-state index contributed by atoms with van der Waals surface area (Å²) >= 11 is 2.13. The van der Waals surface area contributed by atoms with Gasteiger partial charge in [-0.1, -0.05) is 118 Å². The van der Waals surface area contributed by atoms with Crippen LogP contribution in [0, 0.1) is 43.8 Å². The second-order valence-electron chi connectivity index (χ2n) is 34.2. The van der Waals surface area contributed by atoms with Crippen molar-refractivity contribution in [2.45, 2.75) is 342 Å². The first-order chi connectivity index (χ1) is 37.6. The highest BCUT2D eigenvalue weighted by Crippen LogP contribution is 2.26. The van der Waals surface area contributed by atoms with E-state index in [2.05, 4.69) is 100 Å². The Morgan fingerprint density at radius 1 is 0.424 bits per heavy atom. The molecule has 2 N–H and O–H groups in total. The first-order valence-corrected chi connectivity index (χ1v) is 33.4. The monoisotopic (exact) mass is 1240 g/mol. The standard InChI is InChI=1S/C14H30O.C14H30S.C12H25NO2.C12H22O4.C11H24O3.C8H16O2/c2*1-13(2,3)9-7-11-15-12-8-10-14(4,5)6;1-11(2,3)10(14)13-8-7-9-15-12(4,5)6;1-8(15-9(13)11(2,3)4)16-10(14)12(5,6)7;1-10(2,3)13-7-9(12)8-14-11(4,5)6;1-6(2)5-8(9)10-7(3)4/h2*7-12H2,1-6H3;7-9H2,1-6H3,(H,13,14);8H,1-7H3;9,12H,7-8H2,1-6H3;6-7H,5H2,1-4H3. The molecule has 0 bridgehead atoms. The van der Waals surface area contributed by atoms with Crippen molar-refractivity contribution in [2.24, 2.45) is 43.8 Å². The van der Waals surface area contributed by atoms with Crippen molar-refractivity contribution in [2.75, 3.05) is 51.1 Å². The summed E-state index contributed by atoms with van der Waals surface area (Å²) in [5.74, 6) is 2.32. The van der Waals surface area contributed by atoms with Gasteiger partial charge in [-0.3, -0.25) is 19.2 Å². The van der Waals surface area contributed by atoms with E-state index in [4.69, 9.17) is 33.2 Å². The molecular formula is C71H147NO12S. The maximum absolute atomic E-state index is 11.5. The largest absolute Gasteiger partial charge is 0.463 e. The molecule has 0 unspecified atom stereocenters. The molecule has 0 aromatic heterocycles. The van der Waals surface area contributed by atoms with E-state index < -0.39 is 23.2 Å². The summed E-state index contributed by atoms with van der Waals surface area (Å²) in [5, 5.41) is 12.4. The molecule has 0 radical (unpaired) electrons. The van der Waals surface area contributed by atoms with E-state index in [9.17, 15) is 24.3 Å². The third kappa shape index (κ3) is 88.5. The smallest absolute Gasteiger partial charge is 0.314 e. The van der Waals surface area contributed by atoms with Crippen molar-refractivity contribution >= 4 is 35.6 Å². The third-order valence-electron chi connectivity index (χ3n) is 10.8. The summed E-state index contributed by atoms with van der Waals surface area (Å²) in [5.41, 5.74) is -0.0450. The minimum Gasteiger partial charge on any atom is -0.463 e. The van der Waals surface area contributed by atoms with Gasteiger partial charge in [-0.25, -0.2) is 0 Å². The zero-order valence-corrected chi connectivity index (χ0v) is 63.7. The van der Waals surface area contributed by atoms with Gasteiger partial charge < -0.3 is 43.6 Å². The average molecular weight is 1240 g/mol. The number of amides is 1. The number of hydrogen-bond donors (Lipinski definition) is 2. The molecule has 0 rings (SSSR count). The number of nitrogens with one attached hydrogen (secondary N) is 1. The Morgan fingerprint density at radius 3 is 1.02 bits per heavy atom. The van der Waals surface area contributed by atoms with Crippen LogP contribution in [0.5, 0.6) is 0 Å². The molecule has 0 saturated carbocycles. The predicted molar refractivity (Wildman–Crippen MR) is 364 cm³/mol. The van der Waals surface area contributed by atoms with E-state index in [1.165, 1.54) is 69.8 Å². The van der Waals surface area contributed by atoms with E-state index in [-0.39, 0.29) is 52.1 Å². The van der Waals surface area contributed by atoms with Gasteiger partial charge in [0.2, 0.25) is 12.2 Å². The summed E-state index contributed by atoms with van der Waals surface area (Å²) in [4.78, 5) is 45.3. The molecule has 14 heteroatoms. The van der Waals surface area contributed by atoms with E-state index in [1.807, 2.05) is 111 Å². The Bertz CT molecular complexity index is 1530. The fourth-order valence-electron chi connectivity index (χ4n) is 6.00. The summed E-state index contributed by atoms with van der Waals surface area (Å²) in [6.07, 6.45) is 10.4. The van der Waals surface area contributed by atoms with Gasteiger partial charge in [-0.15, -0.1) is 0 Å². The number of carbonyl (C=O) groups excluding carboxylic acids is 4. The van der Waals surface area contributed by atoms with Crippen LogP contribution in [0.1, 0.15) is 307 Å². The lowest BCUT2D eigenvalue weighted by atomic mass is 9.90. The zero-order chi connectivity index (χ0) is 68.7. The molecular weight excluding hydrogens is 1090 g/mol. The van der Waals surface area contributed by atoms with Crippen molar-refractivity contribution < 1.29 is 57.4 Å². The Morgan fingerprint density at radius 2 is 0.753 bits per heavy atom. The van der Waals surface area contributed by atoms with Crippen LogP contribution in [0.15, 0.2) is 0 Å². The maximum Gasteiger partial charge on any atom is 0.314 e. The van der Waals surface area contributed by atoms with Gasteiger partial charge >= 0.3 is 17.9 Å². The second-order valence-corrected chi connectivity index (χ2v) is 35.4. The molecule has 85 heavy (non-hydrogen) atoms. The van der Waals surface area contributed by atoms with Gasteiger partial charge in [0.15, 0.2) is 0 Å². The van der Waals surface area contributed by atoms with Gasteiger partial charge in [0, 0.05) is 45.1 Å². The summed E-state index contributed by atoms with van der Waals surface area (Å²) in [6, 6.07) is 0. The van der Waals surface area contributed by atoms with Gasteiger partial charge in [-0.2, -0.15) is 11.8 Å². The van der Waals surface area contributed by atoms with E-state index in [0.29, 0.717) is 60.4 Å². The summed E-state index contributed by atoms with van der Waals surface area (Å²) in [6.45, 7) is 74.9. The molecule has 0 atom stereocenters. The average Bonchev–Trinajstić information content (AvgIpc) is 3.24. The fraction of sp³-hybridized carbons (Fsp3) is 0.944. The van der Waals surface area contributed by atoms with Crippen molar-refractivity contribution in [3.63, 3.8) is 0 Å².